The van der Waals surface area contributed by atoms with Crippen LogP contribution in [-0.2, 0) is 9.47 Å². The summed E-state index contributed by atoms with van der Waals surface area (Å²) in [5, 5.41) is 0. The van der Waals surface area contributed by atoms with Gasteiger partial charge >= 0.3 is 6.09 Å². The number of rotatable bonds is 0. The van der Waals surface area contributed by atoms with Gasteiger partial charge in [0.05, 0.1) is 6.54 Å². The summed E-state index contributed by atoms with van der Waals surface area (Å²) in [6.45, 7) is 6.79. The number of carbonyl (C=O) groups excluding carboxylic acids is 1. The molecule has 1 aromatic rings. The van der Waals surface area contributed by atoms with E-state index in [0.717, 1.165) is 12.0 Å². The first-order valence-corrected chi connectivity index (χ1v) is 7.62. The molecule has 3 rings (SSSR count). The largest absolute Gasteiger partial charge is 0.444 e. The zero-order chi connectivity index (χ0) is 15.8. The lowest BCUT2D eigenvalue weighted by Crippen LogP contribution is -2.44. The van der Waals surface area contributed by atoms with Crippen molar-refractivity contribution >= 4 is 6.09 Å². The van der Waals surface area contributed by atoms with E-state index in [0.29, 0.717) is 13.1 Å². The minimum Gasteiger partial charge on any atom is -0.444 e. The smallest absolute Gasteiger partial charge is 0.410 e. The first kappa shape index (κ1) is 14.9. The predicted molar refractivity (Wildman–Crippen MR) is 83.3 cm³/mol. The van der Waals surface area contributed by atoms with Gasteiger partial charge in [-0.15, -0.1) is 0 Å². The van der Waals surface area contributed by atoms with Crippen LogP contribution in [0.15, 0.2) is 30.3 Å². The fourth-order valence-electron chi connectivity index (χ4n) is 2.58. The number of hydrogen-bond donors (Lipinski definition) is 0. The summed E-state index contributed by atoms with van der Waals surface area (Å²) in [4.78, 5) is 13.8. The van der Waals surface area contributed by atoms with Gasteiger partial charge in [-0.1, -0.05) is 30.0 Å². The molecule has 4 heteroatoms. The summed E-state index contributed by atoms with van der Waals surface area (Å²) < 4.78 is 11.2. The molecule has 116 valence electrons. The number of piperidine rings is 1. The second-order valence-corrected chi connectivity index (χ2v) is 6.79. The zero-order valence-corrected chi connectivity index (χ0v) is 13.3. The Balaban J connectivity index is 1.60. The van der Waals surface area contributed by atoms with Crippen molar-refractivity contribution in [3.05, 3.63) is 35.9 Å². The van der Waals surface area contributed by atoms with Gasteiger partial charge in [-0.3, -0.25) is 0 Å². The van der Waals surface area contributed by atoms with Gasteiger partial charge in [-0.2, -0.15) is 0 Å². The van der Waals surface area contributed by atoms with Gasteiger partial charge in [0.2, 0.25) is 0 Å². The summed E-state index contributed by atoms with van der Waals surface area (Å²) >= 11 is 0. The maximum absolute atomic E-state index is 12.1. The maximum Gasteiger partial charge on any atom is 0.410 e. The average molecular weight is 299 g/mol. The molecular weight excluding hydrogens is 278 g/mol. The van der Waals surface area contributed by atoms with Crippen LogP contribution in [0.25, 0.3) is 0 Å². The highest BCUT2D eigenvalue weighted by atomic mass is 16.6. The minimum absolute atomic E-state index is 0.00461. The SMILES string of the molecule is CC(C)(C)OC(=O)N1CC[C@@]2(C#Cc3ccccc3)O[C@@H]2C1. The van der Waals surface area contributed by atoms with Crippen LogP contribution in [-0.4, -0.2) is 41.4 Å². The summed E-state index contributed by atoms with van der Waals surface area (Å²) in [7, 11) is 0. The monoisotopic (exact) mass is 299 g/mol. The van der Waals surface area contributed by atoms with Gasteiger partial charge in [0.1, 0.15) is 11.7 Å². The molecule has 0 aliphatic carbocycles. The molecule has 2 heterocycles. The zero-order valence-electron chi connectivity index (χ0n) is 13.3. The van der Waals surface area contributed by atoms with E-state index in [9.17, 15) is 4.79 Å². The van der Waals surface area contributed by atoms with E-state index in [4.69, 9.17) is 9.47 Å². The van der Waals surface area contributed by atoms with E-state index < -0.39 is 5.60 Å². The Morgan fingerprint density at radius 1 is 1.36 bits per heavy atom. The lowest BCUT2D eigenvalue weighted by atomic mass is 9.97. The first-order valence-electron chi connectivity index (χ1n) is 7.62. The van der Waals surface area contributed by atoms with Gasteiger partial charge in [-0.05, 0) is 32.9 Å². The van der Waals surface area contributed by atoms with Crippen LogP contribution in [0.3, 0.4) is 0 Å². The lowest BCUT2D eigenvalue weighted by Gasteiger charge is -2.29. The molecule has 0 spiro atoms. The topological polar surface area (TPSA) is 42.1 Å². The second kappa shape index (κ2) is 5.33. The molecule has 0 bridgehead atoms. The Morgan fingerprint density at radius 2 is 2.09 bits per heavy atom. The molecule has 0 radical (unpaired) electrons. The number of benzene rings is 1. The van der Waals surface area contributed by atoms with E-state index in [1.165, 1.54) is 0 Å². The van der Waals surface area contributed by atoms with Crippen LogP contribution in [0.4, 0.5) is 4.79 Å². The number of amides is 1. The van der Waals surface area contributed by atoms with Crippen LogP contribution >= 0.6 is 0 Å². The van der Waals surface area contributed by atoms with E-state index in [1.807, 2.05) is 51.1 Å². The predicted octanol–water partition coefficient (Wildman–Crippen LogP) is 2.82. The molecule has 2 fully saturated rings. The fourth-order valence-corrected chi connectivity index (χ4v) is 2.58. The molecule has 2 atom stereocenters. The van der Waals surface area contributed by atoms with Gasteiger partial charge in [-0.25, -0.2) is 4.79 Å². The van der Waals surface area contributed by atoms with Crippen molar-refractivity contribution in [3.8, 4) is 11.8 Å². The van der Waals surface area contributed by atoms with Crippen molar-refractivity contribution < 1.29 is 14.3 Å². The molecule has 1 amide bonds. The lowest BCUT2D eigenvalue weighted by molar-refractivity contribution is 0.0224. The van der Waals surface area contributed by atoms with E-state index >= 15 is 0 Å². The van der Waals surface area contributed by atoms with Crippen molar-refractivity contribution in [3.63, 3.8) is 0 Å². The number of carbonyl (C=O) groups is 1. The van der Waals surface area contributed by atoms with Crippen LogP contribution in [0.2, 0.25) is 0 Å². The van der Waals surface area contributed by atoms with Crippen molar-refractivity contribution in [2.24, 2.45) is 0 Å². The molecule has 0 saturated carbocycles. The van der Waals surface area contributed by atoms with E-state index in [-0.39, 0.29) is 17.8 Å². The van der Waals surface area contributed by atoms with Gasteiger partial charge in [0, 0.05) is 18.5 Å². The Labute approximate surface area is 131 Å². The third-order valence-corrected chi connectivity index (χ3v) is 3.80. The summed E-state index contributed by atoms with van der Waals surface area (Å²) in [5.41, 5.74) is 0.151. The highest BCUT2D eigenvalue weighted by Gasteiger charge is 2.59. The van der Waals surface area contributed by atoms with Crippen LogP contribution in [0.5, 0.6) is 0 Å². The van der Waals surface area contributed by atoms with Crippen LogP contribution < -0.4 is 0 Å². The minimum atomic E-state index is -0.469. The summed E-state index contributed by atoms with van der Waals surface area (Å²) in [5.74, 6) is 6.41. The fraction of sp³-hybridized carbons (Fsp3) is 0.500. The Hall–Kier alpha value is -1.99. The normalized spacial score (nSPS) is 26.5. The molecular formula is C18H21NO3. The number of nitrogens with zero attached hydrogens (tertiary/aromatic N) is 1. The van der Waals surface area contributed by atoms with Crippen molar-refractivity contribution in [2.45, 2.75) is 44.5 Å². The third-order valence-electron chi connectivity index (χ3n) is 3.80. The van der Waals surface area contributed by atoms with E-state index in [1.54, 1.807) is 4.90 Å². The van der Waals surface area contributed by atoms with E-state index in [2.05, 4.69) is 11.8 Å². The molecule has 2 aliphatic heterocycles. The number of epoxide rings is 1. The quantitative estimate of drug-likeness (QED) is 0.546. The average Bonchev–Trinajstić information content (AvgIpc) is 3.18. The van der Waals surface area contributed by atoms with Crippen LogP contribution in [0, 0.1) is 11.8 Å². The van der Waals surface area contributed by atoms with Crippen LogP contribution in [0.1, 0.15) is 32.8 Å². The molecule has 1 aromatic carbocycles. The molecule has 4 nitrogen and oxygen atoms in total. The molecule has 22 heavy (non-hydrogen) atoms. The number of hydrogen-bond acceptors (Lipinski definition) is 3. The van der Waals surface area contributed by atoms with Crippen molar-refractivity contribution in [1.29, 1.82) is 0 Å². The molecule has 2 aliphatic rings. The number of likely N-dealkylation sites (tertiary alicyclic amines) is 1. The Bertz CT molecular complexity index is 623. The molecule has 0 aromatic heterocycles. The number of ether oxygens (including phenoxy) is 2. The third kappa shape index (κ3) is 3.26. The highest BCUT2D eigenvalue weighted by Crippen LogP contribution is 2.43. The van der Waals surface area contributed by atoms with Gasteiger partial charge in [0.25, 0.3) is 0 Å². The Morgan fingerprint density at radius 3 is 2.73 bits per heavy atom. The maximum atomic E-state index is 12.1. The van der Waals surface area contributed by atoms with Crippen molar-refractivity contribution in [1.82, 2.24) is 4.90 Å². The molecule has 0 unspecified atom stereocenters. The van der Waals surface area contributed by atoms with Crippen molar-refractivity contribution in [2.75, 3.05) is 13.1 Å². The molecule has 2 saturated heterocycles. The Kier molecular flexibility index (Phi) is 3.62. The molecule has 0 N–H and O–H groups in total. The summed E-state index contributed by atoms with van der Waals surface area (Å²) in [6, 6.07) is 9.88. The number of fused-ring (bicyclic) bond motifs is 1. The standard InChI is InChI=1S/C18H21NO3/c1-17(2,3)22-16(20)19-12-11-18(15(13-19)21-18)10-9-14-7-5-4-6-8-14/h4-8,15H,11-13H2,1-3H3/t15-,18-/m1/s1. The van der Waals surface area contributed by atoms with Gasteiger partial charge < -0.3 is 14.4 Å². The van der Waals surface area contributed by atoms with Gasteiger partial charge in [0.15, 0.2) is 5.60 Å². The highest BCUT2D eigenvalue weighted by molar-refractivity contribution is 5.68. The first-order chi connectivity index (χ1) is 10.4. The summed E-state index contributed by atoms with van der Waals surface area (Å²) in [6.07, 6.45) is 0.467. The second-order valence-electron chi connectivity index (χ2n) is 6.79.